The molecule has 1 saturated heterocycles. The van der Waals surface area contributed by atoms with Crippen LogP contribution in [0.4, 0.5) is 11.4 Å². The van der Waals surface area contributed by atoms with E-state index in [1.54, 1.807) is 23.1 Å². The Labute approximate surface area is 174 Å². The summed E-state index contributed by atoms with van der Waals surface area (Å²) in [6, 6.07) is 11.7. The number of benzene rings is 2. The quantitative estimate of drug-likeness (QED) is 0.560. The first-order valence-electron chi connectivity index (χ1n) is 8.76. The number of amides is 1. The van der Waals surface area contributed by atoms with Crippen LogP contribution in [0.1, 0.15) is 28.8 Å². The van der Waals surface area contributed by atoms with Gasteiger partial charge in [-0.15, -0.1) is 12.4 Å². The molecule has 3 rings (SSSR count). The molecule has 1 heterocycles. The van der Waals surface area contributed by atoms with Crippen molar-refractivity contribution in [2.24, 2.45) is 5.73 Å². The average molecular weight is 425 g/mol. The summed E-state index contributed by atoms with van der Waals surface area (Å²) in [7, 11) is 0. The summed E-state index contributed by atoms with van der Waals surface area (Å²) in [6.07, 6.45) is 1.72. The van der Waals surface area contributed by atoms with Crippen molar-refractivity contribution in [1.82, 2.24) is 4.90 Å². The van der Waals surface area contributed by atoms with Crippen molar-refractivity contribution in [3.63, 3.8) is 0 Å². The zero-order valence-electron chi connectivity index (χ0n) is 15.1. The van der Waals surface area contributed by atoms with Crippen molar-refractivity contribution in [3.8, 4) is 0 Å². The fourth-order valence-corrected chi connectivity index (χ4v) is 3.38. The highest BCUT2D eigenvalue weighted by molar-refractivity contribution is 6.31. The maximum Gasteiger partial charge on any atom is 0.293 e. The smallest absolute Gasteiger partial charge is 0.293 e. The van der Waals surface area contributed by atoms with Crippen LogP contribution in [0.15, 0.2) is 42.5 Å². The molecular weight excluding hydrogens is 403 g/mol. The Balaban J connectivity index is 0.00000280. The predicted molar refractivity (Wildman–Crippen MR) is 112 cm³/mol. The second kappa shape index (κ2) is 9.73. The highest BCUT2D eigenvalue weighted by Crippen LogP contribution is 2.28. The van der Waals surface area contributed by atoms with Crippen LogP contribution >= 0.6 is 24.0 Å². The summed E-state index contributed by atoms with van der Waals surface area (Å²) in [6.45, 7) is 1.43. The Kier molecular flexibility index (Phi) is 7.62. The molecule has 150 valence electrons. The minimum Gasteiger partial charge on any atom is -0.375 e. The third kappa shape index (κ3) is 5.13. The van der Waals surface area contributed by atoms with Crippen LogP contribution in [0.5, 0.6) is 0 Å². The molecule has 0 bridgehead atoms. The number of anilines is 1. The standard InChI is InChI=1S/C19H21ClN4O3.ClH/c20-16-6-2-1-4-14(16)11-22-17-8-7-13(10-18(17)24(26)27)19(25)23-9-3-5-15(21)12-23;/h1-2,4,6-8,10,15,22H,3,5,9,11-12,21H2;1H. The Bertz CT molecular complexity index is 863. The first-order valence-corrected chi connectivity index (χ1v) is 9.14. The van der Waals surface area contributed by atoms with Gasteiger partial charge in [0.25, 0.3) is 11.6 Å². The van der Waals surface area contributed by atoms with E-state index >= 15 is 0 Å². The lowest BCUT2D eigenvalue weighted by Crippen LogP contribution is -2.45. The van der Waals surface area contributed by atoms with Crippen LogP contribution in [0.25, 0.3) is 0 Å². The molecule has 1 aliphatic heterocycles. The van der Waals surface area contributed by atoms with Crippen LogP contribution in [-0.2, 0) is 6.54 Å². The van der Waals surface area contributed by atoms with Crippen LogP contribution in [0.2, 0.25) is 5.02 Å². The lowest BCUT2D eigenvalue weighted by Gasteiger charge is -2.30. The van der Waals surface area contributed by atoms with Crippen molar-refractivity contribution < 1.29 is 9.72 Å². The highest BCUT2D eigenvalue weighted by Gasteiger charge is 2.24. The van der Waals surface area contributed by atoms with Gasteiger partial charge in [0.1, 0.15) is 5.69 Å². The van der Waals surface area contributed by atoms with Crippen molar-refractivity contribution in [2.75, 3.05) is 18.4 Å². The number of rotatable bonds is 5. The van der Waals surface area contributed by atoms with Gasteiger partial charge in [0, 0.05) is 42.3 Å². The zero-order valence-corrected chi connectivity index (χ0v) is 16.7. The van der Waals surface area contributed by atoms with E-state index < -0.39 is 4.92 Å². The fraction of sp³-hybridized carbons (Fsp3) is 0.316. The van der Waals surface area contributed by atoms with Gasteiger partial charge in [0.2, 0.25) is 0 Å². The molecule has 7 nitrogen and oxygen atoms in total. The number of nitrogens with one attached hydrogen (secondary N) is 1. The van der Waals surface area contributed by atoms with Crippen molar-refractivity contribution in [3.05, 3.63) is 68.7 Å². The van der Waals surface area contributed by atoms with Crippen LogP contribution in [-0.4, -0.2) is 34.9 Å². The van der Waals surface area contributed by atoms with E-state index in [4.69, 9.17) is 17.3 Å². The van der Waals surface area contributed by atoms with Gasteiger partial charge in [-0.05, 0) is 36.6 Å². The third-order valence-corrected chi connectivity index (χ3v) is 4.98. The Morgan fingerprint density at radius 3 is 2.75 bits per heavy atom. The van der Waals surface area contributed by atoms with Gasteiger partial charge < -0.3 is 16.0 Å². The molecule has 2 aromatic carbocycles. The van der Waals surface area contributed by atoms with Gasteiger partial charge >= 0.3 is 0 Å². The lowest BCUT2D eigenvalue weighted by atomic mass is 10.0. The number of nitrogens with zero attached hydrogens (tertiary/aromatic N) is 2. The Morgan fingerprint density at radius 2 is 2.07 bits per heavy atom. The third-order valence-electron chi connectivity index (χ3n) is 4.61. The number of piperidine rings is 1. The summed E-state index contributed by atoms with van der Waals surface area (Å²) in [5.41, 5.74) is 7.24. The molecule has 0 radical (unpaired) electrons. The van der Waals surface area contributed by atoms with Gasteiger partial charge in [-0.3, -0.25) is 14.9 Å². The van der Waals surface area contributed by atoms with E-state index in [0.717, 1.165) is 18.4 Å². The maximum absolute atomic E-state index is 12.7. The van der Waals surface area contributed by atoms with Crippen LogP contribution in [0, 0.1) is 10.1 Å². The van der Waals surface area contributed by atoms with Crippen LogP contribution in [0.3, 0.4) is 0 Å². The summed E-state index contributed by atoms with van der Waals surface area (Å²) in [4.78, 5) is 25.3. The predicted octanol–water partition coefficient (Wildman–Crippen LogP) is 3.85. The summed E-state index contributed by atoms with van der Waals surface area (Å²) in [5, 5.41) is 15.1. The number of nitro benzene ring substituents is 1. The van der Waals surface area contributed by atoms with E-state index in [2.05, 4.69) is 5.32 Å². The monoisotopic (exact) mass is 424 g/mol. The van der Waals surface area contributed by atoms with Crippen molar-refractivity contribution in [2.45, 2.75) is 25.4 Å². The number of nitro groups is 1. The second-order valence-electron chi connectivity index (χ2n) is 6.59. The van der Waals surface area contributed by atoms with E-state index in [1.165, 1.54) is 6.07 Å². The molecule has 0 aromatic heterocycles. The molecule has 9 heteroatoms. The highest BCUT2D eigenvalue weighted by atomic mass is 35.5. The largest absolute Gasteiger partial charge is 0.375 e. The molecule has 2 aromatic rings. The van der Waals surface area contributed by atoms with Gasteiger partial charge in [-0.1, -0.05) is 29.8 Å². The number of hydrogen-bond donors (Lipinski definition) is 2. The molecule has 3 N–H and O–H groups in total. The molecule has 1 atom stereocenters. The summed E-state index contributed by atoms with van der Waals surface area (Å²) in [5.74, 6) is -0.231. The number of hydrogen-bond acceptors (Lipinski definition) is 5. The molecule has 0 spiro atoms. The summed E-state index contributed by atoms with van der Waals surface area (Å²) >= 11 is 6.12. The first-order chi connectivity index (χ1) is 13.0. The topological polar surface area (TPSA) is 102 Å². The molecule has 1 unspecified atom stereocenters. The molecule has 0 saturated carbocycles. The number of carbonyl (C=O) groups is 1. The number of likely N-dealkylation sites (tertiary alicyclic amines) is 1. The van der Waals surface area contributed by atoms with Gasteiger partial charge in [0.05, 0.1) is 4.92 Å². The molecule has 1 amide bonds. The minimum absolute atomic E-state index is 0. The molecule has 1 aliphatic rings. The zero-order chi connectivity index (χ0) is 19.4. The second-order valence-corrected chi connectivity index (χ2v) is 6.99. The number of carbonyl (C=O) groups excluding carboxylic acids is 1. The molecular formula is C19H22Cl2N4O3. The number of nitrogens with two attached hydrogens (primary N) is 1. The molecule has 1 fully saturated rings. The van der Waals surface area contributed by atoms with E-state index in [1.807, 2.05) is 18.2 Å². The Morgan fingerprint density at radius 1 is 1.32 bits per heavy atom. The van der Waals surface area contributed by atoms with Crippen molar-refractivity contribution >= 4 is 41.3 Å². The number of halogens is 2. The molecule has 0 aliphatic carbocycles. The van der Waals surface area contributed by atoms with E-state index in [0.29, 0.717) is 35.9 Å². The van der Waals surface area contributed by atoms with Gasteiger partial charge in [-0.25, -0.2) is 0 Å². The minimum atomic E-state index is -0.492. The van der Waals surface area contributed by atoms with Crippen molar-refractivity contribution in [1.29, 1.82) is 0 Å². The average Bonchev–Trinajstić information content (AvgIpc) is 2.66. The summed E-state index contributed by atoms with van der Waals surface area (Å²) < 4.78 is 0. The van der Waals surface area contributed by atoms with Gasteiger partial charge in [0.15, 0.2) is 0 Å². The van der Waals surface area contributed by atoms with Crippen LogP contribution < -0.4 is 11.1 Å². The lowest BCUT2D eigenvalue weighted by molar-refractivity contribution is -0.384. The Hall–Kier alpha value is -2.35. The van der Waals surface area contributed by atoms with E-state index in [-0.39, 0.29) is 30.0 Å². The SMILES string of the molecule is Cl.NC1CCCN(C(=O)c2ccc(NCc3ccccc3Cl)c([N+](=O)[O-])c2)C1. The molecule has 28 heavy (non-hydrogen) atoms. The maximum atomic E-state index is 12.7. The van der Waals surface area contributed by atoms with E-state index in [9.17, 15) is 14.9 Å². The fourth-order valence-electron chi connectivity index (χ4n) is 3.17. The van der Waals surface area contributed by atoms with Gasteiger partial charge in [-0.2, -0.15) is 0 Å². The first kappa shape index (κ1) is 21.9. The normalized spacial score (nSPS) is 16.2.